The van der Waals surface area contributed by atoms with Gasteiger partial charge in [0.2, 0.25) is 0 Å². The summed E-state index contributed by atoms with van der Waals surface area (Å²) in [5.74, 6) is -0.270. The lowest BCUT2D eigenvalue weighted by molar-refractivity contribution is 0.0631. The minimum atomic E-state index is -2.35. The molecular weight excluding hydrogens is 490 g/mol. The van der Waals surface area contributed by atoms with Gasteiger partial charge in [0.15, 0.2) is 0 Å². The normalized spacial score (nSPS) is 16.4. The van der Waals surface area contributed by atoms with Crippen molar-refractivity contribution in [3.05, 3.63) is 107 Å². The fourth-order valence-electron chi connectivity index (χ4n) is 4.78. The van der Waals surface area contributed by atoms with E-state index in [2.05, 4.69) is 15.0 Å². The SMILES string of the molecule is O=C(c1[nH]c(=O)n(-c2ccccc2NS(=O)O)c1-c1ccccc1)N1CCNC[C@H]1Cc1ccccc1. The summed E-state index contributed by atoms with van der Waals surface area (Å²) < 4.78 is 24.8. The third-order valence-corrected chi connectivity index (χ3v) is 6.82. The van der Waals surface area contributed by atoms with Crippen molar-refractivity contribution >= 4 is 22.9 Å². The number of aromatic amines is 1. The van der Waals surface area contributed by atoms with Crippen molar-refractivity contribution in [3.8, 4) is 16.9 Å². The Morgan fingerprint density at radius 1 is 1.00 bits per heavy atom. The van der Waals surface area contributed by atoms with Crippen LogP contribution in [0.4, 0.5) is 5.69 Å². The quantitative estimate of drug-likeness (QED) is 0.281. The zero-order valence-corrected chi connectivity index (χ0v) is 20.8. The molecule has 1 saturated heterocycles. The topological polar surface area (TPSA) is 119 Å². The first-order valence-electron chi connectivity index (χ1n) is 12.0. The van der Waals surface area contributed by atoms with Gasteiger partial charge in [-0.1, -0.05) is 72.8 Å². The fraction of sp³-hybridized carbons (Fsp3) is 0.185. The molecule has 1 fully saturated rings. The standard InChI is InChI=1S/C27H27N5O4S/c33-26(31-16-15-28-18-21(31)17-19-9-3-1-4-10-19)24-25(20-11-5-2-6-12-20)32(27(34)29-24)23-14-8-7-13-22(23)30-37(35)36/h1-14,21,28,30H,15-18H2,(H,29,34)(H,35,36)/t21-/m1/s1. The highest BCUT2D eigenvalue weighted by atomic mass is 32.2. The molecule has 4 aromatic rings. The lowest BCUT2D eigenvalue weighted by atomic mass is 10.0. The van der Waals surface area contributed by atoms with E-state index in [0.717, 1.165) is 5.56 Å². The summed E-state index contributed by atoms with van der Waals surface area (Å²) in [5.41, 5.74) is 2.48. The molecule has 1 unspecified atom stereocenters. The Morgan fingerprint density at radius 2 is 1.68 bits per heavy atom. The Bertz CT molecular complexity index is 1470. The second-order valence-corrected chi connectivity index (χ2v) is 9.47. The minimum Gasteiger partial charge on any atom is -0.331 e. The molecule has 2 heterocycles. The van der Waals surface area contributed by atoms with Crippen LogP contribution in [0.3, 0.4) is 0 Å². The summed E-state index contributed by atoms with van der Waals surface area (Å²) in [4.78, 5) is 32.1. The van der Waals surface area contributed by atoms with Crippen molar-refractivity contribution in [3.63, 3.8) is 0 Å². The molecule has 1 aliphatic rings. The zero-order chi connectivity index (χ0) is 25.8. The summed E-state index contributed by atoms with van der Waals surface area (Å²) in [6.45, 7) is 1.79. The first kappa shape index (κ1) is 24.7. The van der Waals surface area contributed by atoms with Gasteiger partial charge in [0.05, 0.1) is 17.1 Å². The summed E-state index contributed by atoms with van der Waals surface area (Å²) in [6, 6.07) is 25.8. The van der Waals surface area contributed by atoms with Gasteiger partial charge in [0.25, 0.3) is 17.2 Å². The number of nitrogens with zero attached hydrogens (tertiary/aromatic N) is 2. The van der Waals surface area contributed by atoms with E-state index in [1.54, 1.807) is 24.3 Å². The number of piperazine rings is 1. The average Bonchev–Trinajstić information content (AvgIpc) is 3.26. The Labute approximate surface area is 216 Å². The molecule has 4 N–H and O–H groups in total. The van der Waals surface area contributed by atoms with Gasteiger partial charge in [0.1, 0.15) is 5.69 Å². The molecular formula is C27H27N5O4S. The molecule has 1 aliphatic heterocycles. The number of carbonyl (C=O) groups excluding carboxylic acids is 1. The van der Waals surface area contributed by atoms with Crippen LogP contribution < -0.4 is 15.7 Å². The van der Waals surface area contributed by atoms with Crippen molar-refractivity contribution < 1.29 is 13.6 Å². The number of H-pyrrole nitrogens is 1. The van der Waals surface area contributed by atoms with Crippen molar-refractivity contribution in [2.45, 2.75) is 12.5 Å². The molecule has 3 aromatic carbocycles. The summed E-state index contributed by atoms with van der Waals surface area (Å²) in [7, 11) is 0. The second-order valence-electron chi connectivity index (χ2n) is 8.77. The van der Waals surface area contributed by atoms with E-state index < -0.39 is 17.0 Å². The first-order valence-corrected chi connectivity index (χ1v) is 13.1. The van der Waals surface area contributed by atoms with E-state index in [9.17, 15) is 18.4 Å². The number of anilines is 1. The highest BCUT2D eigenvalue weighted by molar-refractivity contribution is 7.80. The Kier molecular flexibility index (Phi) is 7.31. The van der Waals surface area contributed by atoms with E-state index >= 15 is 0 Å². The van der Waals surface area contributed by atoms with E-state index in [0.29, 0.717) is 43.0 Å². The van der Waals surface area contributed by atoms with Gasteiger partial charge in [-0.05, 0) is 24.1 Å². The molecule has 10 heteroatoms. The van der Waals surface area contributed by atoms with Crippen molar-refractivity contribution in [2.75, 3.05) is 24.4 Å². The predicted molar refractivity (Wildman–Crippen MR) is 144 cm³/mol. The number of imidazole rings is 1. The monoisotopic (exact) mass is 517 g/mol. The van der Waals surface area contributed by atoms with Crippen LogP contribution in [0.2, 0.25) is 0 Å². The number of carbonyl (C=O) groups is 1. The maximum Gasteiger partial charge on any atom is 0.331 e. The van der Waals surface area contributed by atoms with Crippen LogP contribution in [0.25, 0.3) is 16.9 Å². The highest BCUT2D eigenvalue weighted by Gasteiger charge is 2.32. The smallest absolute Gasteiger partial charge is 0.331 e. The van der Waals surface area contributed by atoms with Gasteiger partial charge in [-0.2, -0.15) is 0 Å². The van der Waals surface area contributed by atoms with Crippen molar-refractivity contribution in [1.29, 1.82) is 0 Å². The number of hydrogen-bond acceptors (Lipinski definition) is 4. The molecule has 5 rings (SSSR count). The van der Waals surface area contributed by atoms with Crippen LogP contribution in [0.5, 0.6) is 0 Å². The molecule has 1 amide bonds. The Balaban J connectivity index is 1.62. The molecule has 9 nitrogen and oxygen atoms in total. The number of benzene rings is 3. The van der Waals surface area contributed by atoms with Crippen molar-refractivity contribution in [2.24, 2.45) is 0 Å². The number of para-hydroxylation sites is 2. The maximum absolute atomic E-state index is 14.1. The Morgan fingerprint density at radius 3 is 2.41 bits per heavy atom. The van der Waals surface area contributed by atoms with Gasteiger partial charge >= 0.3 is 5.69 Å². The molecule has 0 saturated carbocycles. The lowest BCUT2D eigenvalue weighted by Crippen LogP contribution is -2.54. The summed E-state index contributed by atoms with van der Waals surface area (Å²) in [5, 5.41) is 3.37. The van der Waals surface area contributed by atoms with Gasteiger partial charge < -0.3 is 15.2 Å². The average molecular weight is 518 g/mol. The van der Waals surface area contributed by atoms with Gasteiger partial charge in [-0.25, -0.2) is 9.00 Å². The highest BCUT2D eigenvalue weighted by Crippen LogP contribution is 2.29. The maximum atomic E-state index is 14.1. The van der Waals surface area contributed by atoms with Gasteiger partial charge in [-0.15, -0.1) is 0 Å². The number of nitrogens with one attached hydrogen (secondary N) is 3. The molecule has 190 valence electrons. The fourth-order valence-corrected chi connectivity index (χ4v) is 5.14. The van der Waals surface area contributed by atoms with E-state index in [-0.39, 0.29) is 23.3 Å². The first-order chi connectivity index (χ1) is 18.0. The van der Waals surface area contributed by atoms with Crippen molar-refractivity contribution in [1.82, 2.24) is 19.8 Å². The summed E-state index contributed by atoms with van der Waals surface area (Å²) >= 11 is -2.35. The number of hydrogen-bond donors (Lipinski definition) is 4. The number of aromatic nitrogens is 2. The van der Waals surface area contributed by atoms with E-state index in [4.69, 9.17) is 0 Å². The van der Waals surface area contributed by atoms with E-state index in [1.165, 1.54) is 4.57 Å². The Hall–Kier alpha value is -3.99. The third-order valence-electron chi connectivity index (χ3n) is 6.42. The largest absolute Gasteiger partial charge is 0.331 e. The molecule has 0 radical (unpaired) electrons. The number of amides is 1. The number of rotatable bonds is 7. The predicted octanol–water partition coefficient (Wildman–Crippen LogP) is 3.04. The second kappa shape index (κ2) is 11.0. The van der Waals surface area contributed by atoms with Crippen LogP contribution in [0.15, 0.2) is 89.7 Å². The van der Waals surface area contributed by atoms with Crippen LogP contribution in [0.1, 0.15) is 16.1 Å². The molecule has 0 aliphatic carbocycles. The van der Waals surface area contributed by atoms with Crippen LogP contribution in [0, 0.1) is 0 Å². The van der Waals surface area contributed by atoms with Gasteiger partial charge in [-0.3, -0.25) is 18.6 Å². The third kappa shape index (κ3) is 5.26. The molecule has 0 bridgehead atoms. The molecule has 37 heavy (non-hydrogen) atoms. The van der Waals surface area contributed by atoms with Crippen LogP contribution in [-0.2, 0) is 17.7 Å². The van der Waals surface area contributed by atoms with Crippen LogP contribution in [-0.4, -0.2) is 54.8 Å². The van der Waals surface area contributed by atoms with Gasteiger partial charge in [0, 0.05) is 31.2 Å². The molecule has 0 spiro atoms. The zero-order valence-electron chi connectivity index (χ0n) is 20.0. The minimum absolute atomic E-state index is 0.0927. The van der Waals surface area contributed by atoms with E-state index in [1.807, 2.05) is 65.6 Å². The molecule has 2 atom stereocenters. The lowest BCUT2D eigenvalue weighted by Gasteiger charge is -2.36. The summed E-state index contributed by atoms with van der Waals surface area (Å²) in [6.07, 6.45) is 0.681. The van der Waals surface area contributed by atoms with Crippen LogP contribution >= 0.6 is 0 Å². The molecule has 1 aromatic heterocycles.